The van der Waals surface area contributed by atoms with Gasteiger partial charge in [0.05, 0.1) is 25.5 Å². The molecule has 3 aliphatic rings. The second-order valence-corrected chi connectivity index (χ2v) is 9.71. The Hall–Kier alpha value is -3.69. The van der Waals surface area contributed by atoms with Gasteiger partial charge in [0.2, 0.25) is 5.95 Å². The van der Waals surface area contributed by atoms with E-state index in [4.69, 9.17) is 20.2 Å². The van der Waals surface area contributed by atoms with Crippen molar-refractivity contribution in [2.75, 3.05) is 55.4 Å². The van der Waals surface area contributed by atoms with E-state index in [0.29, 0.717) is 36.0 Å². The van der Waals surface area contributed by atoms with Crippen LogP contribution in [0.1, 0.15) is 48.0 Å². The van der Waals surface area contributed by atoms with E-state index >= 15 is 0 Å². The average Bonchev–Trinajstić information content (AvgIpc) is 2.94. The number of rotatable bonds is 1. The van der Waals surface area contributed by atoms with Crippen LogP contribution in [0.2, 0.25) is 0 Å². The van der Waals surface area contributed by atoms with Gasteiger partial charge in [-0.25, -0.2) is 9.97 Å². The van der Waals surface area contributed by atoms with Crippen molar-refractivity contribution in [3.63, 3.8) is 0 Å². The second-order valence-electron chi connectivity index (χ2n) is 9.71. The first kappa shape index (κ1) is 25.9. The summed E-state index contributed by atoms with van der Waals surface area (Å²) in [7, 11) is 0. The summed E-state index contributed by atoms with van der Waals surface area (Å²) in [5.41, 5.74) is 12.0. The van der Waals surface area contributed by atoms with Crippen LogP contribution in [0.5, 0.6) is 0 Å². The number of amides is 1. The zero-order valence-electron chi connectivity index (χ0n) is 21.7. The van der Waals surface area contributed by atoms with Crippen molar-refractivity contribution in [2.24, 2.45) is 0 Å². The molecule has 1 aromatic heterocycles. The first-order chi connectivity index (χ1) is 18.7. The number of nitrogens with one attached hydrogen (secondary N) is 2. The van der Waals surface area contributed by atoms with E-state index in [1.807, 2.05) is 18.2 Å². The van der Waals surface area contributed by atoms with E-state index in [2.05, 4.69) is 32.7 Å². The van der Waals surface area contributed by atoms with Crippen molar-refractivity contribution in [2.45, 2.75) is 38.7 Å². The molecular formula is C29H36N6O3. The third-order valence-corrected chi connectivity index (χ3v) is 6.94. The Kier molecular flexibility index (Phi) is 8.67. The monoisotopic (exact) mass is 516 g/mol. The Labute approximate surface area is 223 Å². The quantitative estimate of drug-likeness (QED) is 0.405. The van der Waals surface area contributed by atoms with Crippen LogP contribution in [0.15, 0.2) is 48.7 Å². The zero-order valence-corrected chi connectivity index (χ0v) is 21.7. The number of benzene rings is 2. The molecule has 6 bridgehead atoms. The SMILES string of the molecule is Nc1cc2ccc1-c1ccnc(n1)Nc1ccc(N3CCOCC3)c(c1)COCCCCCCCNC2=O. The predicted molar refractivity (Wildman–Crippen MR) is 150 cm³/mol. The van der Waals surface area contributed by atoms with Crippen LogP contribution in [0.4, 0.5) is 23.0 Å². The van der Waals surface area contributed by atoms with Crippen LogP contribution in [-0.2, 0) is 16.1 Å². The number of morpholine rings is 1. The van der Waals surface area contributed by atoms with Gasteiger partial charge in [-0.2, -0.15) is 0 Å². The minimum Gasteiger partial charge on any atom is -0.398 e. The molecule has 0 unspecified atom stereocenters. The second kappa shape index (κ2) is 12.7. The number of hydrogen-bond acceptors (Lipinski definition) is 8. The van der Waals surface area contributed by atoms with Crippen molar-refractivity contribution in [1.82, 2.24) is 15.3 Å². The summed E-state index contributed by atoms with van der Waals surface area (Å²) in [6.45, 7) is 5.11. The Morgan fingerprint density at radius 2 is 1.74 bits per heavy atom. The van der Waals surface area contributed by atoms with E-state index in [9.17, 15) is 4.79 Å². The summed E-state index contributed by atoms with van der Waals surface area (Å²) >= 11 is 0. The number of fused-ring (bicyclic) bond motifs is 12. The first-order valence-corrected chi connectivity index (χ1v) is 13.5. The third-order valence-electron chi connectivity index (χ3n) is 6.94. The lowest BCUT2D eigenvalue weighted by Gasteiger charge is -2.31. The number of hydrogen-bond donors (Lipinski definition) is 3. The van der Waals surface area contributed by atoms with Crippen molar-refractivity contribution < 1.29 is 14.3 Å². The van der Waals surface area contributed by atoms with Gasteiger partial charge < -0.3 is 30.7 Å². The largest absolute Gasteiger partial charge is 0.398 e. The summed E-state index contributed by atoms with van der Waals surface area (Å²) < 4.78 is 11.7. The summed E-state index contributed by atoms with van der Waals surface area (Å²) in [6, 6.07) is 13.5. The number of aromatic nitrogens is 2. The molecule has 0 atom stereocenters. The predicted octanol–water partition coefficient (Wildman–Crippen LogP) is 4.52. The molecule has 0 saturated carbocycles. The number of carbonyl (C=O) groups is 1. The molecule has 0 radical (unpaired) electrons. The lowest BCUT2D eigenvalue weighted by Crippen LogP contribution is -2.36. The molecule has 3 aliphatic heterocycles. The van der Waals surface area contributed by atoms with E-state index in [1.54, 1.807) is 18.3 Å². The van der Waals surface area contributed by atoms with Gasteiger partial charge in [0.1, 0.15) is 0 Å². The van der Waals surface area contributed by atoms with E-state index in [-0.39, 0.29) is 5.91 Å². The van der Waals surface area contributed by atoms with Crippen LogP contribution in [-0.4, -0.2) is 55.3 Å². The van der Waals surface area contributed by atoms with E-state index < -0.39 is 0 Å². The van der Waals surface area contributed by atoms with Gasteiger partial charge in [-0.3, -0.25) is 4.79 Å². The van der Waals surface area contributed by atoms with Crippen molar-refractivity contribution >= 4 is 28.9 Å². The average molecular weight is 517 g/mol. The minimum atomic E-state index is -0.111. The highest BCUT2D eigenvalue weighted by atomic mass is 16.5. The van der Waals surface area contributed by atoms with Crippen LogP contribution >= 0.6 is 0 Å². The van der Waals surface area contributed by atoms with Crippen LogP contribution in [0, 0.1) is 0 Å². The van der Waals surface area contributed by atoms with Crippen molar-refractivity contribution in [3.8, 4) is 11.3 Å². The molecule has 200 valence electrons. The number of anilines is 4. The van der Waals surface area contributed by atoms with E-state index in [1.165, 1.54) is 5.69 Å². The van der Waals surface area contributed by atoms with Crippen molar-refractivity contribution in [3.05, 3.63) is 59.8 Å². The molecule has 4 heterocycles. The fraction of sp³-hybridized carbons (Fsp3) is 0.414. The first-order valence-electron chi connectivity index (χ1n) is 13.5. The Morgan fingerprint density at radius 3 is 2.61 bits per heavy atom. The fourth-order valence-corrected chi connectivity index (χ4v) is 4.87. The Morgan fingerprint density at radius 1 is 0.895 bits per heavy atom. The molecule has 9 nitrogen and oxygen atoms in total. The van der Waals surface area contributed by atoms with Crippen LogP contribution < -0.4 is 21.3 Å². The maximum atomic E-state index is 12.6. The van der Waals surface area contributed by atoms with Gasteiger partial charge in [-0.1, -0.05) is 19.3 Å². The molecule has 0 spiro atoms. The molecule has 6 rings (SSSR count). The van der Waals surface area contributed by atoms with Crippen LogP contribution in [0.25, 0.3) is 11.3 Å². The number of nitrogens with zero attached hydrogens (tertiary/aromatic N) is 3. The topological polar surface area (TPSA) is 115 Å². The third kappa shape index (κ3) is 6.59. The smallest absolute Gasteiger partial charge is 0.251 e. The molecule has 2 aromatic carbocycles. The van der Waals surface area contributed by atoms with Crippen molar-refractivity contribution in [1.29, 1.82) is 0 Å². The number of nitrogens with two attached hydrogens (primary N) is 1. The van der Waals surface area contributed by atoms with Gasteiger partial charge in [0.25, 0.3) is 5.91 Å². The highest BCUT2D eigenvalue weighted by Gasteiger charge is 2.16. The summed E-state index contributed by atoms with van der Waals surface area (Å²) in [4.78, 5) is 24.1. The summed E-state index contributed by atoms with van der Waals surface area (Å²) in [5, 5.41) is 6.34. The highest BCUT2D eigenvalue weighted by Crippen LogP contribution is 2.29. The maximum Gasteiger partial charge on any atom is 0.251 e. The number of ether oxygens (including phenoxy) is 2. The minimum absolute atomic E-state index is 0.111. The molecule has 9 heteroatoms. The molecule has 38 heavy (non-hydrogen) atoms. The molecular weight excluding hydrogens is 480 g/mol. The number of carbonyl (C=O) groups excluding carboxylic acids is 1. The highest BCUT2D eigenvalue weighted by molar-refractivity contribution is 5.96. The normalized spacial score (nSPS) is 17.6. The Bertz CT molecular complexity index is 1240. The molecule has 0 aliphatic carbocycles. The maximum absolute atomic E-state index is 12.6. The standard InChI is InChI=1S/C29H36N6O3/c30-25-19-21-6-8-24(25)26-10-12-32-29(34-26)33-23-7-9-27(35-13-16-37-17-14-35)22(18-23)20-38-15-5-3-1-2-4-11-31-28(21)36/h6-10,12,18-19H,1-5,11,13-17,20,30H2,(H,31,36)(H,32,33,34). The molecule has 1 amide bonds. The van der Waals surface area contributed by atoms with Gasteiger partial charge >= 0.3 is 0 Å². The Balaban J connectivity index is 1.42. The molecule has 3 aromatic rings. The molecule has 1 fully saturated rings. The van der Waals surface area contributed by atoms with Crippen LogP contribution in [0.3, 0.4) is 0 Å². The van der Waals surface area contributed by atoms with Gasteiger partial charge in [-0.15, -0.1) is 0 Å². The van der Waals surface area contributed by atoms with Gasteiger partial charge in [-0.05, 0) is 55.3 Å². The number of nitrogen functional groups attached to an aromatic ring is 1. The van der Waals surface area contributed by atoms with Gasteiger partial charge in [0.15, 0.2) is 0 Å². The lowest BCUT2D eigenvalue weighted by atomic mass is 10.1. The lowest BCUT2D eigenvalue weighted by molar-refractivity contribution is 0.0953. The molecule has 1 saturated heterocycles. The van der Waals surface area contributed by atoms with E-state index in [0.717, 1.165) is 81.8 Å². The summed E-state index contributed by atoms with van der Waals surface area (Å²) in [6.07, 6.45) is 6.98. The zero-order chi connectivity index (χ0) is 26.2. The fourth-order valence-electron chi connectivity index (χ4n) is 4.87. The van der Waals surface area contributed by atoms with Gasteiger partial charge in [0, 0.05) is 66.2 Å². The molecule has 4 N–H and O–H groups in total. The summed E-state index contributed by atoms with van der Waals surface area (Å²) in [5.74, 6) is 0.358.